The number of halogens is 3. The Balaban J connectivity index is 0.00000312. The van der Waals surface area contributed by atoms with Gasteiger partial charge in [-0.05, 0) is 58.2 Å². The van der Waals surface area contributed by atoms with Gasteiger partial charge in [0, 0.05) is 6.54 Å². The summed E-state index contributed by atoms with van der Waals surface area (Å²) in [6.45, 7) is 5.40. The van der Waals surface area contributed by atoms with Crippen molar-refractivity contribution in [1.82, 2.24) is 5.32 Å². The van der Waals surface area contributed by atoms with Crippen LogP contribution in [0, 0.1) is 5.82 Å². The summed E-state index contributed by atoms with van der Waals surface area (Å²) in [7, 11) is 1.61. The number of nitrogens with one attached hydrogen (secondary N) is 1. The first kappa shape index (κ1) is 21.5. The molecular weight excluding hydrogens is 409 g/mol. The molecule has 0 heterocycles. The van der Waals surface area contributed by atoms with Gasteiger partial charge in [0.25, 0.3) is 0 Å². The maximum atomic E-state index is 13.6. The lowest BCUT2D eigenvalue weighted by atomic mass is 10.1. The summed E-state index contributed by atoms with van der Waals surface area (Å²) in [5.74, 6) is 1.16. The van der Waals surface area contributed by atoms with Crippen LogP contribution < -0.4 is 14.8 Å². The van der Waals surface area contributed by atoms with E-state index >= 15 is 0 Å². The summed E-state index contributed by atoms with van der Waals surface area (Å²) in [5.41, 5.74) is 1.77. The van der Waals surface area contributed by atoms with Gasteiger partial charge in [-0.1, -0.05) is 30.9 Å². The first-order valence-corrected chi connectivity index (χ1v) is 8.49. The fourth-order valence-electron chi connectivity index (χ4n) is 2.31. The molecule has 0 aliphatic heterocycles. The van der Waals surface area contributed by atoms with Crippen LogP contribution in [0.15, 0.2) is 53.5 Å². The van der Waals surface area contributed by atoms with Gasteiger partial charge in [-0.25, -0.2) is 4.39 Å². The van der Waals surface area contributed by atoms with Crippen molar-refractivity contribution in [1.29, 1.82) is 0 Å². The molecule has 0 atom stereocenters. The second-order valence-corrected chi connectivity index (χ2v) is 6.08. The van der Waals surface area contributed by atoms with E-state index in [0.717, 1.165) is 15.6 Å². The average Bonchev–Trinajstić information content (AvgIpc) is 2.58. The number of hydrogen-bond acceptors (Lipinski definition) is 3. The molecule has 0 saturated carbocycles. The highest BCUT2D eigenvalue weighted by Gasteiger charge is 2.11. The van der Waals surface area contributed by atoms with Gasteiger partial charge in [0.15, 0.2) is 11.5 Å². The number of ether oxygens (including phenoxy) is 2. The molecule has 2 aromatic rings. The lowest BCUT2D eigenvalue weighted by Gasteiger charge is -2.14. The van der Waals surface area contributed by atoms with Crippen LogP contribution in [0.25, 0.3) is 0 Å². The number of rotatable bonds is 9. The number of methoxy groups -OCH3 is 1. The second kappa shape index (κ2) is 11.1. The second-order valence-electron chi connectivity index (χ2n) is 5.23. The topological polar surface area (TPSA) is 30.5 Å². The van der Waals surface area contributed by atoms with E-state index in [1.54, 1.807) is 19.3 Å². The van der Waals surface area contributed by atoms with Crippen LogP contribution in [0.3, 0.4) is 0 Å². The Labute approximate surface area is 162 Å². The van der Waals surface area contributed by atoms with Gasteiger partial charge in [0.1, 0.15) is 12.4 Å². The van der Waals surface area contributed by atoms with Gasteiger partial charge in [-0.3, -0.25) is 0 Å². The van der Waals surface area contributed by atoms with Gasteiger partial charge in [0.05, 0.1) is 11.6 Å². The first-order valence-electron chi connectivity index (χ1n) is 7.70. The molecular formula is C19H22BrClFNO2. The average molecular weight is 431 g/mol. The normalized spacial score (nSPS) is 10.0. The predicted molar refractivity (Wildman–Crippen MR) is 105 cm³/mol. The van der Waals surface area contributed by atoms with Crippen molar-refractivity contribution < 1.29 is 13.9 Å². The minimum atomic E-state index is -0.160. The third-order valence-corrected chi connectivity index (χ3v) is 4.08. The maximum absolute atomic E-state index is 13.6. The maximum Gasteiger partial charge on any atom is 0.175 e. The minimum absolute atomic E-state index is 0. The highest BCUT2D eigenvalue weighted by Crippen LogP contribution is 2.36. The molecule has 0 aromatic heterocycles. The molecule has 0 unspecified atom stereocenters. The van der Waals surface area contributed by atoms with Crippen LogP contribution in [0.5, 0.6) is 11.5 Å². The molecule has 0 bridgehead atoms. The van der Waals surface area contributed by atoms with Crippen molar-refractivity contribution in [2.24, 2.45) is 0 Å². The summed E-state index contributed by atoms with van der Waals surface area (Å²) in [6, 6.07) is 10.8. The molecule has 0 aliphatic rings. The molecule has 3 nitrogen and oxygen atoms in total. The molecule has 6 heteroatoms. The van der Waals surface area contributed by atoms with E-state index in [1.807, 2.05) is 24.3 Å². The molecule has 136 valence electrons. The summed E-state index contributed by atoms with van der Waals surface area (Å²) < 4.78 is 25.4. The Morgan fingerprint density at radius 3 is 2.72 bits per heavy atom. The predicted octanol–water partition coefficient (Wildman–Crippen LogP) is 4.92. The Bertz CT molecular complexity index is 697. The highest BCUT2D eigenvalue weighted by molar-refractivity contribution is 9.10. The van der Waals surface area contributed by atoms with Gasteiger partial charge in [-0.15, -0.1) is 12.4 Å². The van der Waals surface area contributed by atoms with Crippen molar-refractivity contribution in [2.45, 2.75) is 13.0 Å². The monoisotopic (exact) mass is 429 g/mol. The molecule has 0 aliphatic carbocycles. The van der Waals surface area contributed by atoms with E-state index in [4.69, 9.17) is 9.47 Å². The van der Waals surface area contributed by atoms with Crippen molar-refractivity contribution in [3.05, 3.63) is 70.5 Å². The van der Waals surface area contributed by atoms with Crippen LogP contribution in [0.4, 0.5) is 4.39 Å². The van der Waals surface area contributed by atoms with Gasteiger partial charge in [0.2, 0.25) is 0 Å². The van der Waals surface area contributed by atoms with Crippen molar-refractivity contribution in [2.75, 3.05) is 20.3 Å². The summed E-state index contributed by atoms with van der Waals surface area (Å²) in [4.78, 5) is 0. The first-order chi connectivity index (χ1) is 11.7. The summed E-state index contributed by atoms with van der Waals surface area (Å²) >= 11 is 3.51. The highest BCUT2D eigenvalue weighted by atomic mass is 79.9. The van der Waals surface area contributed by atoms with E-state index in [9.17, 15) is 4.39 Å². The van der Waals surface area contributed by atoms with E-state index in [1.165, 1.54) is 6.07 Å². The summed E-state index contributed by atoms with van der Waals surface area (Å²) in [6.07, 6.45) is 2.33. The zero-order chi connectivity index (χ0) is 17.4. The van der Waals surface area contributed by atoms with E-state index in [2.05, 4.69) is 27.8 Å². The molecule has 25 heavy (non-hydrogen) atoms. The van der Waals surface area contributed by atoms with Crippen molar-refractivity contribution >= 4 is 28.3 Å². The van der Waals surface area contributed by atoms with Crippen molar-refractivity contribution in [3.8, 4) is 11.5 Å². The summed E-state index contributed by atoms with van der Waals surface area (Å²) in [5, 5.41) is 3.32. The molecule has 0 saturated heterocycles. The smallest absolute Gasteiger partial charge is 0.175 e. The fourth-order valence-corrected chi connectivity index (χ4v) is 2.92. The van der Waals surface area contributed by atoms with Gasteiger partial charge >= 0.3 is 0 Å². The SMILES string of the molecule is C=CCOc1c(Br)cc(CNCCc2ccccc2F)cc1OC.Cl. The Morgan fingerprint density at radius 2 is 2.04 bits per heavy atom. The molecule has 2 aromatic carbocycles. The quantitative estimate of drug-likeness (QED) is 0.453. The van der Waals surface area contributed by atoms with E-state index in [-0.39, 0.29) is 18.2 Å². The van der Waals surface area contributed by atoms with Crippen molar-refractivity contribution in [3.63, 3.8) is 0 Å². The fraction of sp³-hybridized carbons (Fsp3) is 0.263. The third-order valence-electron chi connectivity index (χ3n) is 3.49. The Kier molecular flexibility index (Phi) is 9.57. The van der Waals surface area contributed by atoms with Crippen LogP contribution in [-0.4, -0.2) is 20.3 Å². The Hall–Kier alpha value is -1.56. The standard InChI is InChI=1S/C19H21BrFNO2.ClH/c1-3-10-24-19-16(20)11-14(12-18(19)23-2)13-22-9-8-15-6-4-5-7-17(15)21;/h3-7,11-12,22H,1,8-10,13H2,2H3;1H. The molecule has 2 rings (SSSR count). The molecule has 1 N–H and O–H groups in total. The van der Waals surface area contributed by atoms with Crippen LogP contribution >= 0.6 is 28.3 Å². The minimum Gasteiger partial charge on any atom is -0.493 e. The zero-order valence-electron chi connectivity index (χ0n) is 14.1. The zero-order valence-corrected chi connectivity index (χ0v) is 16.5. The largest absolute Gasteiger partial charge is 0.493 e. The van der Waals surface area contributed by atoms with E-state index in [0.29, 0.717) is 37.6 Å². The molecule has 0 amide bonds. The lowest BCUT2D eigenvalue weighted by Crippen LogP contribution is -2.17. The number of benzene rings is 2. The van der Waals surface area contributed by atoms with Crippen LogP contribution in [0.1, 0.15) is 11.1 Å². The Morgan fingerprint density at radius 1 is 1.28 bits per heavy atom. The number of hydrogen-bond donors (Lipinski definition) is 1. The lowest BCUT2D eigenvalue weighted by molar-refractivity contribution is 0.324. The molecule has 0 fully saturated rings. The van der Waals surface area contributed by atoms with Crippen LogP contribution in [-0.2, 0) is 13.0 Å². The van der Waals surface area contributed by atoms with Gasteiger partial charge in [-0.2, -0.15) is 0 Å². The van der Waals surface area contributed by atoms with E-state index < -0.39 is 0 Å². The molecule has 0 radical (unpaired) electrons. The van der Waals surface area contributed by atoms with Gasteiger partial charge < -0.3 is 14.8 Å². The molecule has 0 spiro atoms. The van der Waals surface area contributed by atoms with Crippen LogP contribution in [0.2, 0.25) is 0 Å². The third kappa shape index (κ3) is 6.34.